The van der Waals surface area contributed by atoms with Crippen molar-refractivity contribution >= 4 is 5.97 Å². The van der Waals surface area contributed by atoms with Gasteiger partial charge < -0.3 is 5.11 Å². The summed E-state index contributed by atoms with van der Waals surface area (Å²) in [5.74, 6) is 0.404. The highest BCUT2D eigenvalue weighted by molar-refractivity contribution is 5.68. The van der Waals surface area contributed by atoms with Gasteiger partial charge in [0, 0.05) is 0 Å². The van der Waals surface area contributed by atoms with E-state index in [1.54, 1.807) is 6.08 Å². The van der Waals surface area contributed by atoms with E-state index in [1.165, 1.54) is 0 Å². The standard InChI is InChI=1S/C10H18O2/c1-8(2)7-9(3)5-4-6-10(11)12/h4-5,8-9H,6-7H2,1-3H3,(H,11,12)/b5-4+. The zero-order valence-corrected chi connectivity index (χ0v) is 8.08. The Morgan fingerprint density at radius 1 is 1.42 bits per heavy atom. The first kappa shape index (κ1) is 11.2. The predicted molar refractivity (Wildman–Crippen MR) is 50.0 cm³/mol. The lowest BCUT2D eigenvalue weighted by atomic mass is 9.98. The molecular formula is C10H18O2. The molecule has 0 aromatic carbocycles. The van der Waals surface area contributed by atoms with E-state index in [1.807, 2.05) is 6.08 Å². The zero-order chi connectivity index (χ0) is 9.56. The van der Waals surface area contributed by atoms with Gasteiger partial charge in [-0.25, -0.2) is 0 Å². The minimum Gasteiger partial charge on any atom is -0.481 e. The van der Waals surface area contributed by atoms with Gasteiger partial charge in [-0.15, -0.1) is 0 Å². The Bertz CT molecular complexity index is 159. The molecule has 1 N–H and O–H groups in total. The van der Waals surface area contributed by atoms with Gasteiger partial charge >= 0.3 is 5.97 Å². The number of carboxylic acids is 1. The van der Waals surface area contributed by atoms with Gasteiger partial charge in [-0.05, 0) is 18.3 Å². The normalized spacial score (nSPS) is 14.0. The Kier molecular flexibility index (Phi) is 5.43. The van der Waals surface area contributed by atoms with Crippen molar-refractivity contribution in [1.82, 2.24) is 0 Å². The fourth-order valence-electron chi connectivity index (χ4n) is 1.22. The third-order valence-corrected chi connectivity index (χ3v) is 1.60. The van der Waals surface area contributed by atoms with Crippen LogP contribution in [0.25, 0.3) is 0 Å². The average molecular weight is 170 g/mol. The molecule has 0 spiro atoms. The van der Waals surface area contributed by atoms with E-state index in [4.69, 9.17) is 5.11 Å². The van der Waals surface area contributed by atoms with Crippen LogP contribution in [0.1, 0.15) is 33.6 Å². The molecule has 1 atom stereocenters. The van der Waals surface area contributed by atoms with Crippen molar-refractivity contribution in [2.24, 2.45) is 11.8 Å². The molecule has 1 unspecified atom stereocenters. The monoisotopic (exact) mass is 170 g/mol. The van der Waals surface area contributed by atoms with Crippen molar-refractivity contribution < 1.29 is 9.90 Å². The number of hydrogen-bond donors (Lipinski definition) is 1. The van der Waals surface area contributed by atoms with Crippen molar-refractivity contribution in [3.05, 3.63) is 12.2 Å². The summed E-state index contributed by atoms with van der Waals surface area (Å²) in [4.78, 5) is 10.2. The topological polar surface area (TPSA) is 37.3 Å². The Balaban J connectivity index is 3.60. The van der Waals surface area contributed by atoms with E-state index in [0.717, 1.165) is 6.42 Å². The molecule has 0 aromatic rings. The largest absolute Gasteiger partial charge is 0.481 e. The summed E-state index contributed by atoms with van der Waals surface area (Å²) in [6.45, 7) is 6.45. The van der Waals surface area contributed by atoms with E-state index in [2.05, 4.69) is 20.8 Å². The summed E-state index contributed by atoms with van der Waals surface area (Å²) in [6, 6.07) is 0. The van der Waals surface area contributed by atoms with Crippen molar-refractivity contribution in [2.45, 2.75) is 33.6 Å². The molecule has 0 fully saturated rings. The van der Waals surface area contributed by atoms with E-state index in [9.17, 15) is 4.79 Å². The summed E-state index contributed by atoms with van der Waals surface area (Å²) in [6.07, 6.45) is 4.97. The molecule has 0 amide bonds. The fraction of sp³-hybridized carbons (Fsp3) is 0.700. The van der Waals surface area contributed by atoms with Gasteiger partial charge in [0.1, 0.15) is 0 Å². The third kappa shape index (κ3) is 7.32. The van der Waals surface area contributed by atoms with E-state index in [-0.39, 0.29) is 6.42 Å². The molecule has 0 rings (SSSR count). The maximum Gasteiger partial charge on any atom is 0.307 e. The second-order valence-electron chi connectivity index (χ2n) is 3.63. The maximum absolute atomic E-state index is 10.2. The summed E-state index contributed by atoms with van der Waals surface area (Å²) in [5.41, 5.74) is 0. The van der Waals surface area contributed by atoms with Crippen LogP contribution in [0.3, 0.4) is 0 Å². The van der Waals surface area contributed by atoms with Crippen LogP contribution in [0.4, 0.5) is 0 Å². The Labute approximate surface area is 74.3 Å². The lowest BCUT2D eigenvalue weighted by Crippen LogP contribution is -1.97. The molecule has 2 heteroatoms. The van der Waals surface area contributed by atoms with Crippen molar-refractivity contribution in [3.63, 3.8) is 0 Å². The molecule has 12 heavy (non-hydrogen) atoms. The molecule has 0 bridgehead atoms. The van der Waals surface area contributed by atoms with Crippen molar-refractivity contribution in [1.29, 1.82) is 0 Å². The molecule has 0 radical (unpaired) electrons. The second-order valence-corrected chi connectivity index (χ2v) is 3.63. The van der Waals surface area contributed by atoms with Crippen LogP contribution in [0.2, 0.25) is 0 Å². The summed E-state index contributed by atoms with van der Waals surface area (Å²) in [5, 5.41) is 8.36. The zero-order valence-electron chi connectivity index (χ0n) is 8.08. The lowest BCUT2D eigenvalue weighted by Gasteiger charge is -2.08. The SMILES string of the molecule is CC(C)CC(C)/C=C/CC(=O)O. The molecule has 0 aliphatic carbocycles. The number of hydrogen-bond acceptors (Lipinski definition) is 1. The Morgan fingerprint density at radius 2 is 2.00 bits per heavy atom. The Morgan fingerprint density at radius 3 is 2.42 bits per heavy atom. The average Bonchev–Trinajstić information content (AvgIpc) is 1.84. The van der Waals surface area contributed by atoms with Gasteiger partial charge in [-0.1, -0.05) is 32.9 Å². The van der Waals surface area contributed by atoms with E-state index in [0.29, 0.717) is 11.8 Å². The van der Waals surface area contributed by atoms with Gasteiger partial charge in [-0.2, -0.15) is 0 Å². The number of carbonyl (C=O) groups is 1. The minimum absolute atomic E-state index is 0.141. The van der Waals surface area contributed by atoms with Crippen LogP contribution in [0.15, 0.2) is 12.2 Å². The first-order valence-corrected chi connectivity index (χ1v) is 4.40. The van der Waals surface area contributed by atoms with Crippen LogP contribution in [0.5, 0.6) is 0 Å². The molecule has 0 aliphatic rings. The van der Waals surface area contributed by atoms with E-state index < -0.39 is 5.97 Å². The molecule has 0 saturated heterocycles. The summed E-state index contributed by atoms with van der Waals surface area (Å²) in [7, 11) is 0. The van der Waals surface area contributed by atoms with Crippen molar-refractivity contribution in [2.75, 3.05) is 0 Å². The summed E-state index contributed by atoms with van der Waals surface area (Å²) >= 11 is 0. The quantitative estimate of drug-likeness (QED) is 0.644. The molecule has 0 aromatic heterocycles. The highest BCUT2D eigenvalue weighted by Gasteiger charge is 2.00. The van der Waals surface area contributed by atoms with Crippen LogP contribution < -0.4 is 0 Å². The van der Waals surface area contributed by atoms with Gasteiger partial charge in [-0.3, -0.25) is 4.79 Å². The molecule has 0 aliphatic heterocycles. The van der Waals surface area contributed by atoms with Gasteiger partial charge in [0.2, 0.25) is 0 Å². The number of rotatable bonds is 5. The van der Waals surface area contributed by atoms with Crippen LogP contribution >= 0.6 is 0 Å². The fourth-order valence-corrected chi connectivity index (χ4v) is 1.22. The van der Waals surface area contributed by atoms with Crippen LogP contribution in [-0.2, 0) is 4.79 Å². The molecule has 0 heterocycles. The number of allylic oxidation sites excluding steroid dienone is 1. The predicted octanol–water partition coefficient (Wildman–Crippen LogP) is 2.70. The smallest absolute Gasteiger partial charge is 0.307 e. The second kappa shape index (κ2) is 5.81. The van der Waals surface area contributed by atoms with Crippen LogP contribution in [-0.4, -0.2) is 11.1 Å². The first-order valence-electron chi connectivity index (χ1n) is 4.40. The molecule has 70 valence electrons. The maximum atomic E-state index is 10.2. The highest BCUT2D eigenvalue weighted by atomic mass is 16.4. The first-order chi connectivity index (χ1) is 5.52. The molecule has 2 nitrogen and oxygen atoms in total. The van der Waals surface area contributed by atoms with Gasteiger partial charge in [0.25, 0.3) is 0 Å². The highest BCUT2D eigenvalue weighted by Crippen LogP contribution is 2.11. The Hall–Kier alpha value is -0.790. The number of carboxylic acid groups (broad SMARTS) is 1. The molecule has 0 saturated carbocycles. The number of aliphatic carboxylic acids is 1. The molecular weight excluding hydrogens is 152 g/mol. The minimum atomic E-state index is -0.761. The lowest BCUT2D eigenvalue weighted by molar-refractivity contribution is -0.136. The van der Waals surface area contributed by atoms with E-state index >= 15 is 0 Å². The van der Waals surface area contributed by atoms with Crippen LogP contribution in [0, 0.1) is 11.8 Å². The van der Waals surface area contributed by atoms with Crippen molar-refractivity contribution in [3.8, 4) is 0 Å². The van der Waals surface area contributed by atoms with Gasteiger partial charge in [0.15, 0.2) is 0 Å². The van der Waals surface area contributed by atoms with Gasteiger partial charge in [0.05, 0.1) is 6.42 Å². The summed E-state index contributed by atoms with van der Waals surface area (Å²) < 4.78 is 0. The third-order valence-electron chi connectivity index (χ3n) is 1.60.